The van der Waals surface area contributed by atoms with E-state index in [9.17, 15) is 0 Å². The van der Waals surface area contributed by atoms with E-state index >= 15 is 0 Å². The van der Waals surface area contributed by atoms with Crippen molar-refractivity contribution in [2.75, 3.05) is 29.9 Å². The zero-order chi connectivity index (χ0) is 14.2. The van der Waals surface area contributed by atoms with Crippen molar-refractivity contribution in [3.8, 4) is 0 Å². The summed E-state index contributed by atoms with van der Waals surface area (Å²) in [6.07, 6.45) is 9.41. The fourth-order valence-electron chi connectivity index (χ4n) is 2.97. The lowest BCUT2D eigenvalue weighted by Gasteiger charge is -2.19. The van der Waals surface area contributed by atoms with Crippen LogP contribution in [-0.2, 0) is 0 Å². The molecular formula is C18H30N2. The van der Waals surface area contributed by atoms with E-state index in [0.29, 0.717) is 0 Å². The van der Waals surface area contributed by atoms with Crippen LogP contribution in [0.1, 0.15) is 57.4 Å². The zero-order valence-corrected chi connectivity index (χ0v) is 13.3. The van der Waals surface area contributed by atoms with Gasteiger partial charge in [-0.3, -0.25) is 0 Å². The second-order valence-corrected chi connectivity index (χ2v) is 6.03. The average Bonchev–Trinajstić information content (AvgIpc) is 2.98. The van der Waals surface area contributed by atoms with E-state index in [1.54, 1.807) is 0 Å². The van der Waals surface area contributed by atoms with Crippen molar-refractivity contribution >= 4 is 11.4 Å². The molecule has 1 saturated heterocycles. The number of hydrogen-bond donors (Lipinski definition) is 1. The quantitative estimate of drug-likeness (QED) is 0.673. The summed E-state index contributed by atoms with van der Waals surface area (Å²) < 4.78 is 0. The van der Waals surface area contributed by atoms with E-state index in [-0.39, 0.29) is 0 Å². The zero-order valence-electron chi connectivity index (χ0n) is 13.3. The molecule has 2 nitrogen and oxygen atoms in total. The first-order chi connectivity index (χ1) is 9.81. The molecule has 112 valence electrons. The fraction of sp³-hybridized carbons (Fsp3) is 0.667. The third kappa shape index (κ3) is 4.43. The Morgan fingerprint density at radius 3 is 2.50 bits per heavy atom. The van der Waals surface area contributed by atoms with Crippen LogP contribution >= 0.6 is 0 Å². The largest absolute Gasteiger partial charge is 0.385 e. The Hall–Kier alpha value is -1.18. The minimum absolute atomic E-state index is 1.10. The Morgan fingerprint density at radius 1 is 1.05 bits per heavy atom. The van der Waals surface area contributed by atoms with E-state index < -0.39 is 0 Å². The highest BCUT2D eigenvalue weighted by atomic mass is 15.1. The molecule has 0 saturated carbocycles. The van der Waals surface area contributed by atoms with Crippen LogP contribution in [0.25, 0.3) is 0 Å². The van der Waals surface area contributed by atoms with E-state index in [2.05, 4.69) is 42.3 Å². The van der Waals surface area contributed by atoms with Crippen molar-refractivity contribution < 1.29 is 0 Å². The lowest BCUT2D eigenvalue weighted by atomic mass is 10.1. The molecule has 1 heterocycles. The predicted octanol–water partition coefficient (Wildman–Crippen LogP) is 4.98. The van der Waals surface area contributed by atoms with E-state index in [0.717, 1.165) is 6.54 Å². The van der Waals surface area contributed by atoms with E-state index in [1.165, 1.54) is 75.0 Å². The number of rotatable bonds is 8. The van der Waals surface area contributed by atoms with Crippen LogP contribution in [0, 0.1) is 6.92 Å². The van der Waals surface area contributed by atoms with Crippen molar-refractivity contribution in [3.63, 3.8) is 0 Å². The van der Waals surface area contributed by atoms with Crippen molar-refractivity contribution in [1.29, 1.82) is 0 Å². The predicted molar refractivity (Wildman–Crippen MR) is 89.9 cm³/mol. The van der Waals surface area contributed by atoms with Crippen LogP contribution in [0.15, 0.2) is 18.2 Å². The highest BCUT2D eigenvalue weighted by Gasteiger charge is 2.12. The Balaban J connectivity index is 1.77. The summed E-state index contributed by atoms with van der Waals surface area (Å²) in [5.74, 6) is 0. The summed E-state index contributed by atoms with van der Waals surface area (Å²) in [6.45, 7) is 8.05. The molecule has 2 heteroatoms. The van der Waals surface area contributed by atoms with Gasteiger partial charge in [0.2, 0.25) is 0 Å². The minimum Gasteiger partial charge on any atom is -0.385 e. The van der Waals surface area contributed by atoms with Crippen molar-refractivity contribution in [1.82, 2.24) is 0 Å². The van der Waals surface area contributed by atoms with Gasteiger partial charge in [-0.1, -0.05) is 32.6 Å². The Kier molecular flexibility index (Phi) is 6.23. The molecular weight excluding hydrogens is 244 g/mol. The standard InChI is InChI=1S/C18H30N2/c1-3-4-5-6-7-12-19-18-11-10-17(15-16(18)2)20-13-8-9-14-20/h10-11,15,19H,3-9,12-14H2,1-2H3. The molecule has 20 heavy (non-hydrogen) atoms. The average molecular weight is 274 g/mol. The molecule has 1 aliphatic heterocycles. The third-order valence-electron chi connectivity index (χ3n) is 4.28. The van der Waals surface area contributed by atoms with Gasteiger partial charge in [0.25, 0.3) is 0 Å². The monoisotopic (exact) mass is 274 g/mol. The third-order valence-corrected chi connectivity index (χ3v) is 4.28. The molecule has 0 aliphatic carbocycles. The normalized spacial score (nSPS) is 14.8. The first-order valence-electron chi connectivity index (χ1n) is 8.40. The van der Waals surface area contributed by atoms with Gasteiger partial charge < -0.3 is 10.2 Å². The second-order valence-electron chi connectivity index (χ2n) is 6.03. The SMILES string of the molecule is CCCCCCCNc1ccc(N2CCCC2)cc1C. The van der Waals surface area contributed by atoms with Crippen molar-refractivity contribution in [2.45, 2.75) is 58.8 Å². The van der Waals surface area contributed by atoms with Gasteiger partial charge in [0.15, 0.2) is 0 Å². The summed E-state index contributed by atoms with van der Waals surface area (Å²) in [6, 6.07) is 6.87. The Bertz CT molecular complexity index is 394. The van der Waals surface area contributed by atoms with Crippen LogP contribution in [-0.4, -0.2) is 19.6 Å². The number of benzene rings is 1. The van der Waals surface area contributed by atoms with E-state index in [1.807, 2.05) is 0 Å². The van der Waals surface area contributed by atoms with Gasteiger partial charge in [-0.15, -0.1) is 0 Å². The van der Waals surface area contributed by atoms with Gasteiger partial charge in [-0.2, -0.15) is 0 Å². The van der Waals surface area contributed by atoms with Crippen LogP contribution in [0.4, 0.5) is 11.4 Å². The summed E-state index contributed by atoms with van der Waals surface area (Å²) >= 11 is 0. The summed E-state index contributed by atoms with van der Waals surface area (Å²) in [5.41, 5.74) is 4.08. The van der Waals surface area contributed by atoms with Crippen LogP contribution in [0.2, 0.25) is 0 Å². The fourth-order valence-corrected chi connectivity index (χ4v) is 2.97. The van der Waals surface area contributed by atoms with Gasteiger partial charge in [0.1, 0.15) is 0 Å². The maximum absolute atomic E-state index is 3.59. The van der Waals surface area contributed by atoms with Gasteiger partial charge >= 0.3 is 0 Å². The maximum Gasteiger partial charge on any atom is 0.0371 e. The van der Waals surface area contributed by atoms with Gasteiger partial charge in [-0.05, 0) is 49.9 Å². The molecule has 1 aromatic rings. The van der Waals surface area contributed by atoms with Gasteiger partial charge in [0, 0.05) is 31.0 Å². The number of anilines is 2. The second kappa shape index (κ2) is 8.18. The Morgan fingerprint density at radius 2 is 1.80 bits per heavy atom. The molecule has 0 amide bonds. The molecule has 0 spiro atoms. The topological polar surface area (TPSA) is 15.3 Å². The molecule has 1 N–H and O–H groups in total. The summed E-state index contributed by atoms with van der Waals surface area (Å²) in [4.78, 5) is 2.50. The molecule has 1 aromatic carbocycles. The highest BCUT2D eigenvalue weighted by molar-refractivity contribution is 5.60. The number of nitrogens with one attached hydrogen (secondary N) is 1. The van der Waals surface area contributed by atoms with Crippen molar-refractivity contribution in [3.05, 3.63) is 23.8 Å². The number of nitrogens with zero attached hydrogens (tertiary/aromatic N) is 1. The van der Waals surface area contributed by atoms with Crippen LogP contribution in [0.3, 0.4) is 0 Å². The number of aryl methyl sites for hydroxylation is 1. The van der Waals surface area contributed by atoms with Crippen LogP contribution < -0.4 is 10.2 Å². The number of unbranched alkanes of at least 4 members (excludes halogenated alkanes) is 4. The lowest BCUT2D eigenvalue weighted by molar-refractivity contribution is 0.645. The lowest BCUT2D eigenvalue weighted by Crippen LogP contribution is -2.17. The molecule has 1 aliphatic rings. The maximum atomic E-state index is 3.59. The van der Waals surface area contributed by atoms with Gasteiger partial charge in [-0.25, -0.2) is 0 Å². The smallest absolute Gasteiger partial charge is 0.0371 e. The highest BCUT2D eigenvalue weighted by Crippen LogP contribution is 2.25. The molecule has 0 bridgehead atoms. The van der Waals surface area contributed by atoms with Crippen molar-refractivity contribution in [2.24, 2.45) is 0 Å². The Labute approximate surface area is 124 Å². The molecule has 1 fully saturated rings. The molecule has 0 aromatic heterocycles. The molecule has 0 radical (unpaired) electrons. The minimum atomic E-state index is 1.10. The molecule has 0 atom stereocenters. The number of hydrogen-bond acceptors (Lipinski definition) is 2. The first kappa shape index (κ1) is 15.2. The molecule has 2 rings (SSSR count). The van der Waals surface area contributed by atoms with Gasteiger partial charge in [0.05, 0.1) is 0 Å². The van der Waals surface area contributed by atoms with Crippen LogP contribution in [0.5, 0.6) is 0 Å². The van der Waals surface area contributed by atoms with E-state index in [4.69, 9.17) is 0 Å². The first-order valence-corrected chi connectivity index (χ1v) is 8.40. The summed E-state index contributed by atoms with van der Waals surface area (Å²) in [7, 11) is 0. The summed E-state index contributed by atoms with van der Waals surface area (Å²) in [5, 5.41) is 3.59. The molecule has 0 unspecified atom stereocenters.